The van der Waals surface area contributed by atoms with Gasteiger partial charge in [0.1, 0.15) is 0 Å². The van der Waals surface area contributed by atoms with Gasteiger partial charge in [0.05, 0.1) is 11.4 Å². The average molecular weight is 413 g/mol. The molecule has 0 radical (unpaired) electrons. The van der Waals surface area contributed by atoms with Crippen molar-refractivity contribution in [2.24, 2.45) is 17.3 Å². The van der Waals surface area contributed by atoms with Gasteiger partial charge in [-0.25, -0.2) is 8.42 Å². The summed E-state index contributed by atoms with van der Waals surface area (Å²) in [6, 6.07) is 8.99. The standard InChI is InChI=1S/C21H24N4O3S/c1-15(2)19-9-8-16(21(19)12-10-18(26)11-13-21)14-29(27,28)20-22-23-24-25(20)17-6-4-3-5-7-17/h3-7,9-10,12,15-16H,8,11,13-14H2,1-2H3/t16-,21+/m1/s1. The fraction of sp³-hybridized carbons (Fsp3) is 0.429. The van der Waals surface area contributed by atoms with Gasteiger partial charge in [-0.05, 0) is 53.3 Å². The monoisotopic (exact) mass is 412 g/mol. The molecule has 1 aromatic heterocycles. The van der Waals surface area contributed by atoms with Gasteiger partial charge in [0.15, 0.2) is 5.78 Å². The van der Waals surface area contributed by atoms with Gasteiger partial charge in [0.25, 0.3) is 5.16 Å². The summed E-state index contributed by atoms with van der Waals surface area (Å²) in [5.74, 6) is 0.177. The maximum atomic E-state index is 13.3. The van der Waals surface area contributed by atoms with Crippen molar-refractivity contribution in [2.45, 2.75) is 38.3 Å². The first kappa shape index (κ1) is 19.7. The highest BCUT2D eigenvalue weighted by atomic mass is 32.2. The Morgan fingerprint density at radius 1 is 1.24 bits per heavy atom. The molecule has 1 heterocycles. The largest absolute Gasteiger partial charge is 0.295 e. The number of hydrogen-bond donors (Lipinski definition) is 0. The van der Waals surface area contributed by atoms with Crippen LogP contribution in [0.4, 0.5) is 0 Å². The summed E-state index contributed by atoms with van der Waals surface area (Å²) < 4.78 is 27.9. The number of hydrogen-bond acceptors (Lipinski definition) is 6. The van der Waals surface area contributed by atoms with Crippen LogP contribution in [0.5, 0.6) is 0 Å². The van der Waals surface area contributed by atoms with E-state index < -0.39 is 9.84 Å². The third kappa shape index (κ3) is 3.46. The first-order valence-electron chi connectivity index (χ1n) is 9.83. The zero-order valence-corrected chi connectivity index (χ0v) is 17.3. The SMILES string of the molecule is CC(C)C1=CC[C@H](CS(=O)(=O)c2nnnn2-c2ccccc2)[C@@]12C=CC(=O)CC2. The Morgan fingerprint density at radius 2 is 2.00 bits per heavy atom. The van der Waals surface area contributed by atoms with Crippen molar-refractivity contribution < 1.29 is 13.2 Å². The Labute approximate surface area is 170 Å². The number of allylic oxidation sites excluding steroid dienone is 4. The average Bonchev–Trinajstić information content (AvgIpc) is 3.31. The third-order valence-corrected chi connectivity index (χ3v) is 7.65. The summed E-state index contributed by atoms with van der Waals surface area (Å²) in [4.78, 5) is 11.8. The predicted molar refractivity (Wildman–Crippen MR) is 108 cm³/mol. The number of benzene rings is 1. The molecule has 0 unspecified atom stereocenters. The number of tetrazole rings is 1. The smallest absolute Gasteiger partial charge is 0.272 e. The molecule has 0 aliphatic heterocycles. The van der Waals surface area contributed by atoms with Crippen LogP contribution < -0.4 is 0 Å². The van der Waals surface area contributed by atoms with Crippen LogP contribution in [-0.4, -0.2) is 40.2 Å². The molecule has 0 fully saturated rings. The van der Waals surface area contributed by atoms with E-state index >= 15 is 0 Å². The Balaban J connectivity index is 1.68. The van der Waals surface area contributed by atoms with Crippen molar-refractivity contribution in [1.29, 1.82) is 0 Å². The summed E-state index contributed by atoms with van der Waals surface area (Å²) in [7, 11) is -3.74. The number of carbonyl (C=O) groups excluding carboxylic acids is 1. The number of nitrogens with zero attached hydrogens (tertiary/aromatic N) is 4. The molecule has 152 valence electrons. The summed E-state index contributed by atoms with van der Waals surface area (Å²) in [6.07, 6.45) is 7.48. The lowest BCUT2D eigenvalue weighted by Crippen LogP contribution is -2.36. The fourth-order valence-corrected chi connectivity index (χ4v) is 6.34. The first-order valence-corrected chi connectivity index (χ1v) is 11.5. The fourth-order valence-electron chi connectivity index (χ4n) is 4.66. The van der Waals surface area contributed by atoms with Crippen molar-refractivity contribution in [3.8, 4) is 5.69 Å². The molecule has 0 saturated carbocycles. The van der Waals surface area contributed by atoms with E-state index in [2.05, 4.69) is 35.4 Å². The quantitative estimate of drug-likeness (QED) is 0.701. The van der Waals surface area contributed by atoms with Crippen molar-refractivity contribution in [3.63, 3.8) is 0 Å². The van der Waals surface area contributed by atoms with Crippen LogP contribution in [-0.2, 0) is 14.6 Å². The van der Waals surface area contributed by atoms with E-state index in [0.717, 1.165) is 0 Å². The van der Waals surface area contributed by atoms with Crippen molar-refractivity contribution >= 4 is 15.6 Å². The summed E-state index contributed by atoms with van der Waals surface area (Å²) in [5, 5.41) is 11.2. The summed E-state index contributed by atoms with van der Waals surface area (Å²) >= 11 is 0. The minimum atomic E-state index is -3.74. The number of para-hydroxylation sites is 1. The molecular formula is C21H24N4O3S. The number of ketones is 1. The van der Waals surface area contributed by atoms with Gasteiger partial charge >= 0.3 is 0 Å². The van der Waals surface area contributed by atoms with Crippen molar-refractivity contribution in [2.75, 3.05) is 5.75 Å². The summed E-state index contributed by atoms with van der Waals surface area (Å²) in [6.45, 7) is 4.23. The topological polar surface area (TPSA) is 94.8 Å². The summed E-state index contributed by atoms with van der Waals surface area (Å²) in [5.41, 5.74) is 1.44. The molecule has 0 N–H and O–H groups in total. The minimum Gasteiger partial charge on any atom is -0.295 e. The Hall–Kier alpha value is -2.61. The third-order valence-electron chi connectivity index (χ3n) is 6.00. The second-order valence-corrected chi connectivity index (χ2v) is 10.0. The highest BCUT2D eigenvalue weighted by Crippen LogP contribution is 2.53. The molecule has 2 aliphatic rings. The highest BCUT2D eigenvalue weighted by Gasteiger charge is 2.47. The highest BCUT2D eigenvalue weighted by molar-refractivity contribution is 7.91. The molecule has 0 amide bonds. The van der Waals surface area contributed by atoms with Crippen molar-refractivity contribution in [1.82, 2.24) is 20.2 Å². The number of carbonyl (C=O) groups is 1. The molecule has 7 nitrogen and oxygen atoms in total. The molecule has 2 aliphatic carbocycles. The van der Waals surface area contributed by atoms with Gasteiger partial charge in [-0.3, -0.25) is 4.79 Å². The minimum absolute atomic E-state index is 0.0640. The molecule has 29 heavy (non-hydrogen) atoms. The Bertz CT molecular complexity index is 1090. The van der Waals surface area contributed by atoms with Crippen LogP contribution in [0.1, 0.15) is 33.1 Å². The second kappa shape index (κ2) is 7.33. The van der Waals surface area contributed by atoms with Crippen LogP contribution in [0.25, 0.3) is 5.69 Å². The Morgan fingerprint density at radius 3 is 2.66 bits per heavy atom. The number of rotatable bonds is 5. The maximum Gasteiger partial charge on any atom is 0.272 e. The van der Waals surface area contributed by atoms with E-state index in [-0.39, 0.29) is 33.9 Å². The van der Waals surface area contributed by atoms with E-state index in [0.29, 0.717) is 24.9 Å². The molecular weight excluding hydrogens is 388 g/mol. The molecule has 8 heteroatoms. The lowest BCUT2D eigenvalue weighted by Gasteiger charge is -2.39. The Kier molecular flexibility index (Phi) is 4.98. The zero-order chi connectivity index (χ0) is 20.6. The number of aromatic nitrogens is 4. The lowest BCUT2D eigenvalue weighted by atomic mass is 9.66. The normalized spacial score (nSPS) is 24.4. The van der Waals surface area contributed by atoms with Gasteiger partial charge in [0.2, 0.25) is 9.84 Å². The van der Waals surface area contributed by atoms with E-state index in [4.69, 9.17) is 0 Å². The molecule has 2 atom stereocenters. The molecule has 4 rings (SSSR count). The van der Waals surface area contributed by atoms with Gasteiger partial charge < -0.3 is 0 Å². The van der Waals surface area contributed by atoms with Crippen LogP contribution in [0.15, 0.2) is 59.3 Å². The second-order valence-electron chi connectivity index (χ2n) is 8.08. The van der Waals surface area contributed by atoms with Gasteiger partial charge in [0, 0.05) is 11.8 Å². The van der Waals surface area contributed by atoms with Gasteiger partial charge in [-0.1, -0.05) is 54.9 Å². The van der Waals surface area contributed by atoms with Gasteiger partial charge in [-0.15, -0.1) is 0 Å². The molecule has 0 bridgehead atoms. The zero-order valence-electron chi connectivity index (χ0n) is 16.5. The van der Waals surface area contributed by atoms with E-state index in [9.17, 15) is 13.2 Å². The van der Waals surface area contributed by atoms with Crippen LogP contribution in [0, 0.1) is 17.3 Å². The predicted octanol–water partition coefficient (Wildman–Crippen LogP) is 2.94. The lowest BCUT2D eigenvalue weighted by molar-refractivity contribution is -0.115. The van der Waals surface area contributed by atoms with E-state index in [1.165, 1.54) is 10.3 Å². The number of sulfone groups is 1. The molecule has 0 saturated heterocycles. The van der Waals surface area contributed by atoms with E-state index in [1.807, 2.05) is 24.3 Å². The molecule has 1 aromatic carbocycles. The van der Waals surface area contributed by atoms with E-state index in [1.54, 1.807) is 18.2 Å². The van der Waals surface area contributed by atoms with Crippen LogP contribution >= 0.6 is 0 Å². The molecule has 2 aromatic rings. The van der Waals surface area contributed by atoms with Gasteiger partial charge in [-0.2, -0.15) is 4.68 Å². The van der Waals surface area contributed by atoms with Crippen molar-refractivity contribution in [3.05, 3.63) is 54.1 Å². The van der Waals surface area contributed by atoms with Crippen LogP contribution in [0.2, 0.25) is 0 Å². The maximum absolute atomic E-state index is 13.3. The molecule has 1 spiro atoms. The first-order chi connectivity index (χ1) is 13.8. The van der Waals surface area contributed by atoms with Crippen LogP contribution in [0.3, 0.4) is 0 Å².